The Labute approximate surface area is 164 Å². The molecular formula is C21H25N3O4. The smallest absolute Gasteiger partial charge is 0.238 e. The summed E-state index contributed by atoms with van der Waals surface area (Å²) in [6.07, 6.45) is 0.553. The molecule has 0 radical (unpaired) electrons. The molecule has 1 aliphatic rings. The number of phenolic OH excluding ortho intramolecular Hbond substituents is 1. The number of hydrogen-bond donors (Lipinski definition) is 3. The van der Waals surface area contributed by atoms with E-state index >= 15 is 0 Å². The molecule has 0 aliphatic carbocycles. The lowest BCUT2D eigenvalue weighted by Gasteiger charge is -2.36. The fraction of sp³-hybridized carbons (Fsp3) is 0.333. The summed E-state index contributed by atoms with van der Waals surface area (Å²) in [6.45, 7) is 3.23. The molecule has 0 aromatic heterocycles. The third kappa shape index (κ3) is 4.61. The van der Waals surface area contributed by atoms with Crippen LogP contribution in [0.5, 0.6) is 11.5 Å². The fourth-order valence-corrected chi connectivity index (χ4v) is 3.46. The second-order valence-electron chi connectivity index (χ2n) is 6.81. The maximum atomic E-state index is 12.7. The van der Waals surface area contributed by atoms with Gasteiger partial charge in [-0.1, -0.05) is 30.3 Å². The first-order chi connectivity index (χ1) is 13.5. The van der Waals surface area contributed by atoms with E-state index in [4.69, 9.17) is 10.5 Å². The highest BCUT2D eigenvalue weighted by Gasteiger charge is 2.31. The molecule has 0 saturated heterocycles. The summed E-state index contributed by atoms with van der Waals surface area (Å²) in [4.78, 5) is 25.8. The number of primary amides is 1. The summed E-state index contributed by atoms with van der Waals surface area (Å²) in [6, 6.07) is 12.8. The van der Waals surface area contributed by atoms with E-state index in [2.05, 4.69) is 16.3 Å². The second kappa shape index (κ2) is 8.75. The van der Waals surface area contributed by atoms with Crippen molar-refractivity contribution in [1.29, 1.82) is 0 Å². The number of nitrogens with one attached hydrogen (secondary N) is 1. The van der Waals surface area contributed by atoms with Crippen molar-refractivity contribution in [3.8, 4) is 11.5 Å². The van der Waals surface area contributed by atoms with Gasteiger partial charge in [0.05, 0.1) is 19.2 Å². The number of carbonyl (C=O) groups is 2. The number of carbonyl (C=O) groups excluding carboxylic acids is 2. The summed E-state index contributed by atoms with van der Waals surface area (Å²) in [5.74, 6) is -0.286. The standard InChI is InChI=1S/C21H25N3O4/c1-2-28-19-9-14(7-8-18(19)25)12-24-13-16-6-4-3-5-15(16)10-17(24)21(27)23-11-20(22)26/h3-9,17,25H,2,10-13H2,1H3,(H2,22,26)(H,23,27). The fourth-order valence-electron chi connectivity index (χ4n) is 3.46. The normalized spacial score (nSPS) is 16.2. The van der Waals surface area contributed by atoms with Crippen LogP contribution in [-0.4, -0.2) is 41.0 Å². The Morgan fingerprint density at radius 3 is 2.71 bits per heavy atom. The zero-order chi connectivity index (χ0) is 20.1. The molecule has 7 heteroatoms. The molecule has 1 unspecified atom stereocenters. The number of nitrogens with two attached hydrogens (primary N) is 1. The number of nitrogens with zero attached hydrogens (tertiary/aromatic N) is 1. The van der Waals surface area contributed by atoms with Crippen molar-refractivity contribution >= 4 is 11.8 Å². The highest BCUT2D eigenvalue weighted by Crippen LogP contribution is 2.30. The van der Waals surface area contributed by atoms with Gasteiger partial charge in [0, 0.05) is 13.1 Å². The van der Waals surface area contributed by atoms with E-state index in [9.17, 15) is 14.7 Å². The minimum absolute atomic E-state index is 0.0883. The maximum absolute atomic E-state index is 12.7. The van der Waals surface area contributed by atoms with E-state index in [0.717, 1.165) is 11.1 Å². The van der Waals surface area contributed by atoms with Crippen molar-refractivity contribution in [2.45, 2.75) is 32.5 Å². The van der Waals surface area contributed by atoms with Gasteiger partial charge < -0.3 is 20.9 Å². The van der Waals surface area contributed by atoms with E-state index in [-0.39, 0.29) is 18.2 Å². The summed E-state index contributed by atoms with van der Waals surface area (Å²) in [5.41, 5.74) is 8.38. The molecule has 0 saturated carbocycles. The van der Waals surface area contributed by atoms with Crippen LogP contribution in [0.3, 0.4) is 0 Å². The van der Waals surface area contributed by atoms with E-state index in [1.54, 1.807) is 12.1 Å². The number of benzene rings is 2. The predicted octanol–water partition coefficient (Wildman–Crippen LogP) is 1.32. The number of fused-ring (bicyclic) bond motifs is 1. The highest BCUT2D eigenvalue weighted by molar-refractivity contribution is 5.87. The number of hydrogen-bond acceptors (Lipinski definition) is 5. The predicted molar refractivity (Wildman–Crippen MR) is 105 cm³/mol. The zero-order valence-corrected chi connectivity index (χ0v) is 15.9. The van der Waals surface area contributed by atoms with Crippen molar-refractivity contribution in [2.24, 2.45) is 5.73 Å². The van der Waals surface area contributed by atoms with Crippen molar-refractivity contribution in [2.75, 3.05) is 13.2 Å². The third-order valence-electron chi connectivity index (χ3n) is 4.80. The largest absolute Gasteiger partial charge is 0.504 e. The number of ether oxygens (including phenoxy) is 1. The van der Waals surface area contributed by atoms with Crippen LogP contribution >= 0.6 is 0 Å². The van der Waals surface area contributed by atoms with Gasteiger partial charge in [0.2, 0.25) is 11.8 Å². The monoisotopic (exact) mass is 383 g/mol. The Bertz CT molecular complexity index is 868. The SMILES string of the molecule is CCOc1cc(CN2Cc3ccccc3CC2C(=O)NCC(N)=O)ccc1O. The molecule has 0 bridgehead atoms. The Morgan fingerprint density at radius 1 is 1.25 bits per heavy atom. The van der Waals surface area contributed by atoms with Crippen LogP contribution in [0.25, 0.3) is 0 Å². The Morgan fingerprint density at radius 2 is 2.00 bits per heavy atom. The second-order valence-corrected chi connectivity index (χ2v) is 6.81. The van der Waals surface area contributed by atoms with Crippen molar-refractivity contribution in [1.82, 2.24) is 10.2 Å². The van der Waals surface area contributed by atoms with Gasteiger partial charge in [-0.05, 0) is 42.2 Å². The van der Waals surface area contributed by atoms with E-state index in [1.165, 1.54) is 5.56 Å². The zero-order valence-electron chi connectivity index (χ0n) is 15.9. The van der Waals surface area contributed by atoms with Gasteiger partial charge in [-0.3, -0.25) is 14.5 Å². The Hall–Kier alpha value is -3.06. The summed E-state index contributed by atoms with van der Waals surface area (Å²) in [7, 11) is 0. The molecule has 7 nitrogen and oxygen atoms in total. The van der Waals surface area contributed by atoms with Crippen LogP contribution in [-0.2, 0) is 29.1 Å². The average Bonchev–Trinajstić information content (AvgIpc) is 2.68. The van der Waals surface area contributed by atoms with Crippen molar-refractivity contribution < 1.29 is 19.4 Å². The molecule has 1 heterocycles. The molecule has 2 aromatic carbocycles. The number of amides is 2. The van der Waals surface area contributed by atoms with Crippen LogP contribution < -0.4 is 15.8 Å². The first kappa shape index (κ1) is 19.7. The lowest BCUT2D eigenvalue weighted by Crippen LogP contribution is -2.51. The van der Waals surface area contributed by atoms with Crippen LogP contribution in [0.2, 0.25) is 0 Å². The van der Waals surface area contributed by atoms with Gasteiger partial charge in [0.25, 0.3) is 0 Å². The average molecular weight is 383 g/mol. The van der Waals surface area contributed by atoms with Crippen LogP contribution in [0.15, 0.2) is 42.5 Å². The van der Waals surface area contributed by atoms with Crippen LogP contribution in [0.1, 0.15) is 23.6 Å². The highest BCUT2D eigenvalue weighted by atomic mass is 16.5. The van der Waals surface area contributed by atoms with Gasteiger partial charge in [-0.2, -0.15) is 0 Å². The summed E-state index contributed by atoms with van der Waals surface area (Å²) < 4.78 is 5.46. The maximum Gasteiger partial charge on any atom is 0.238 e. The van der Waals surface area contributed by atoms with Gasteiger partial charge in [0.15, 0.2) is 11.5 Å². The minimum atomic E-state index is -0.573. The first-order valence-electron chi connectivity index (χ1n) is 9.29. The number of rotatable bonds is 7. The summed E-state index contributed by atoms with van der Waals surface area (Å²) >= 11 is 0. The summed E-state index contributed by atoms with van der Waals surface area (Å²) in [5, 5.41) is 12.5. The van der Waals surface area contributed by atoms with Crippen molar-refractivity contribution in [3.63, 3.8) is 0 Å². The Kier molecular flexibility index (Phi) is 6.16. The molecule has 2 amide bonds. The van der Waals surface area contributed by atoms with Gasteiger partial charge in [-0.15, -0.1) is 0 Å². The van der Waals surface area contributed by atoms with E-state index in [0.29, 0.717) is 31.9 Å². The minimum Gasteiger partial charge on any atom is -0.504 e. The molecule has 148 valence electrons. The molecule has 2 aromatic rings. The van der Waals surface area contributed by atoms with Gasteiger partial charge >= 0.3 is 0 Å². The molecule has 1 aliphatic heterocycles. The topological polar surface area (TPSA) is 105 Å². The quantitative estimate of drug-likeness (QED) is 0.669. The molecule has 28 heavy (non-hydrogen) atoms. The molecule has 0 fully saturated rings. The number of phenols is 1. The van der Waals surface area contributed by atoms with Crippen LogP contribution in [0, 0.1) is 0 Å². The lowest BCUT2D eigenvalue weighted by atomic mass is 9.93. The van der Waals surface area contributed by atoms with Crippen LogP contribution in [0.4, 0.5) is 0 Å². The Balaban J connectivity index is 1.84. The first-order valence-corrected chi connectivity index (χ1v) is 9.29. The molecule has 4 N–H and O–H groups in total. The molecular weight excluding hydrogens is 358 g/mol. The molecule has 0 spiro atoms. The van der Waals surface area contributed by atoms with E-state index < -0.39 is 11.9 Å². The van der Waals surface area contributed by atoms with Crippen molar-refractivity contribution in [3.05, 3.63) is 59.2 Å². The number of aromatic hydroxyl groups is 1. The third-order valence-corrected chi connectivity index (χ3v) is 4.80. The lowest BCUT2D eigenvalue weighted by molar-refractivity contribution is -0.129. The molecule has 3 rings (SSSR count). The van der Waals surface area contributed by atoms with Gasteiger partial charge in [0.1, 0.15) is 0 Å². The molecule has 1 atom stereocenters. The van der Waals surface area contributed by atoms with Gasteiger partial charge in [-0.25, -0.2) is 0 Å². The van der Waals surface area contributed by atoms with E-state index in [1.807, 2.05) is 31.2 Å².